The topological polar surface area (TPSA) is 26.3 Å². The number of hydrogen-bond acceptors (Lipinski definition) is 2. The molecule has 0 aromatic rings. The second kappa shape index (κ2) is 3.86. The molecule has 2 saturated carbocycles. The largest absolute Gasteiger partial charge is 0.458 e. The highest BCUT2D eigenvalue weighted by Crippen LogP contribution is 2.66. The molecule has 2 fully saturated rings. The first-order valence-corrected chi connectivity index (χ1v) is 6.67. The molecule has 0 N–H and O–H groups in total. The summed E-state index contributed by atoms with van der Waals surface area (Å²) in [6, 6.07) is 0. The van der Waals surface area contributed by atoms with E-state index in [1.165, 1.54) is 12.8 Å². The summed E-state index contributed by atoms with van der Waals surface area (Å²) in [5.41, 5.74) is 1.19. The quantitative estimate of drug-likeness (QED) is 0.539. The van der Waals surface area contributed by atoms with Crippen molar-refractivity contribution in [3.05, 3.63) is 11.6 Å². The van der Waals surface area contributed by atoms with E-state index in [9.17, 15) is 4.79 Å². The highest BCUT2D eigenvalue weighted by atomic mass is 16.5. The van der Waals surface area contributed by atoms with E-state index >= 15 is 0 Å². The second-order valence-electron chi connectivity index (χ2n) is 6.48. The van der Waals surface area contributed by atoms with Crippen LogP contribution in [0.15, 0.2) is 11.6 Å². The van der Waals surface area contributed by atoms with E-state index < -0.39 is 0 Å². The van der Waals surface area contributed by atoms with Crippen LogP contribution in [-0.4, -0.2) is 12.1 Å². The maximum absolute atomic E-state index is 11.9. The molecule has 0 unspecified atom stereocenters. The molecule has 0 saturated heterocycles. The molecule has 2 aliphatic rings. The molecule has 0 radical (unpaired) electrons. The van der Waals surface area contributed by atoms with E-state index in [1.807, 2.05) is 19.9 Å². The molecule has 0 aromatic heterocycles. The zero-order valence-electron chi connectivity index (χ0n) is 11.7. The zero-order chi connectivity index (χ0) is 12.8. The minimum atomic E-state index is -0.137. The van der Waals surface area contributed by atoms with Gasteiger partial charge in [0.2, 0.25) is 0 Å². The molecule has 2 rings (SSSR count). The molecule has 0 spiro atoms. The van der Waals surface area contributed by atoms with Crippen LogP contribution in [0.5, 0.6) is 0 Å². The van der Waals surface area contributed by atoms with Crippen LogP contribution in [0.3, 0.4) is 0 Å². The van der Waals surface area contributed by atoms with Crippen molar-refractivity contribution in [2.45, 2.75) is 60.0 Å². The van der Waals surface area contributed by atoms with Gasteiger partial charge in [0.05, 0.1) is 0 Å². The first-order chi connectivity index (χ1) is 7.83. The number of ether oxygens (including phenoxy) is 1. The molecule has 0 heterocycles. The first-order valence-electron chi connectivity index (χ1n) is 6.67. The summed E-state index contributed by atoms with van der Waals surface area (Å²) in [6.45, 7) is 10.7. The van der Waals surface area contributed by atoms with Gasteiger partial charge >= 0.3 is 5.97 Å². The lowest BCUT2D eigenvalue weighted by molar-refractivity contribution is -0.151. The van der Waals surface area contributed by atoms with Crippen molar-refractivity contribution in [3.63, 3.8) is 0 Å². The van der Waals surface area contributed by atoms with Crippen LogP contribution < -0.4 is 0 Å². The molecule has 17 heavy (non-hydrogen) atoms. The Bertz CT molecular complexity index is 367. The van der Waals surface area contributed by atoms with Crippen LogP contribution in [-0.2, 0) is 9.53 Å². The van der Waals surface area contributed by atoms with E-state index in [0.29, 0.717) is 11.0 Å². The predicted octanol–water partition coefficient (Wildman–Crippen LogP) is 3.71. The summed E-state index contributed by atoms with van der Waals surface area (Å²) in [5, 5.41) is 0. The van der Waals surface area contributed by atoms with Gasteiger partial charge in [0, 0.05) is 11.0 Å². The third-order valence-corrected chi connectivity index (χ3v) is 5.72. The van der Waals surface area contributed by atoms with Crippen molar-refractivity contribution in [3.8, 4) is 0 Å². The van der Waals surface area contributed by atoms with Gasteiger partial charge in [0.25, 0.3) is 0 Å². The summed E-state index contributed by atoms with van der Waals surface area (Å²) in [4.78, 5) is 11.9. The van der Waals surface area contributed by atoms with Gasteiger partial charge in [0.1, 0.15) is 6.10 Å². The minimum Gasteiger partial charge on any atom is -0.458 e. The third kappa shape index (κ3) is 1.64. The number of carbonyl (C=O) groups excluding carboxylic acids is 1. The fourth-order valence-electron chi connectivity index (χ4n) is 3.65. The van der Waals surface area contributed by atoms with E-state index in [0.717, 1.165) is 12.3 Å². The molecule has 2 heteroatoms. The number of esters is 1. The van der Waals surface area contributed by atoms with Crippen LogP contribution >= 0.6 is 0 Å². The van der Waals surface area contributed by atoms with E-state index in [-0.39, 0.29) is 17.5 Å². The lowest BCUT2D eigenvalue weighted by Gasteiger charge is -2.38. The highest BCUT2D eigenvalue weighted by molar-refractivity contribution is 5.87. The van der Waals surface area contributed by atoms with E-state index in [4.69, 9.17) is 4.74 Å². The summed E-state index contributed by atoms with van der Waals surface area (Å²) < 4.78 is 5.73. The Morgan fingerprint density at radius 2 is 2.00 bits per heavy atom. The van der Waals surface area contributed by atoms with Gasteiger partial charge in [-0.2, -0.15) is 0 Å². The average molecular weight is 236 g/mol. The number of hydrogen-bond donors (Lipinski definition) is 0. The standard InChI is InChI=1S/C15H24O2/c1-6-10(2)13(16)17-12-9-11-7-8-15(12,5)14(11,3)4/h6,11-12H,7-9H2,1-5H3/b10-6-/t11-,12-,15+/m0/s1. The molecular formula is C15H24O2. The lowest BCUT2D eigenvalue weighted by atomic mass is 9.70. The van der Waals surface area contributed by atoms with E-state index in [2.05, 4.69) is 20.8 Å². The highest BCUT2D eigenvalue weighted by Gasteiger charge is 2.62. The Kier molecular flexibility index (Phi) is 2.87. The van der Waals surface area contributed by atoms with Gasteiger partial charge in [-0.15, -0.1) is 0 Å². The molecule has 0 aromatic carbocycles. The molecule has 96 valence electrons. The van der Waals surface area contributed by atoms with Crippen LogP contribution in [0, 0.1) is 16.7 Å². The normalized spacial score (nSPS) is 39.5. The fourth-order valence-corrected chi connectivity index (χ4v) is 3.65. The maximum atomic E-state index is 11.9. The van der Waals surface area contributed by atoms with Gasteiger partial charge in [-0.3, -0.25) is 0 Å². The van der Waals surface area contributed by atoms with Crippen LogP contribution in [0.1, 0.15) is 53.9 Å². The van der Waals surface area contributed by atoms with Crippen molar-refractivity contribution in [1.82, 2.24) is 0 Å². The van der Waals surface area contributed by atoms with E-state index in [1.54, 1.807) is 0 Å². The Balaban J connectivity index is 2.14. The van der Waals surface area contributed by atoms with Gasteiger partial charge in [-0.1, -0.05) is 26.8 Å². The van der Waals surface area contributed by atoms with Crippen molar-refractivity contribution in [2.24, 2.45) is 16.7 Å². The Morgan fingerprint density at radius 3 is 2.41 bits per heavy atom. The zero-order valence-corrected chi connectivity index (χ0v) is 11.7. The molecule has 2 bridgehead atoms. The summed E-state index contributed by atoms with van der Waals surface area (Å²) in [5.74, 6) is 0.582. The molecular weight excluding hydrogens is 212 g/mol. The number of carbonyl (C=O) groups is 1. The predicted molar refractivity (Wildman–Crippen MR) is 68.5 cm³/mol. The van der Waals surface area contributed by atoms with Crippen LogP contribution in [0.2, 0.25) is 0 Å². The number of allylic oxidation sites excluding steroid dienone is 1. The molecule has 3 atom stereocenters. The number of rotatable bonds is 2. The average Bonchev–Trinajstić information content (AvgIpc) is 2.60. The smallest absolute Gasteiger partial charge is 0.333 e. The van der Waals surface area contributed by atoms with Gasteiger partial charge in [-0.25, -0.2) is 4.79 Å². The van der Waals surface area contributed by atoms with Gasteiger partial charge < -0.3 is 4.74 Å². The van der Waals surface area contributed by atoms with Gasteiger partial charge in [-0.05, 0) is 44.4 Å². The van der Waals surface area contributed by atoms with Crippen molar-refractivity contribution in [2.75, 3.05) is 0 Å². The van der Waals surface area contributed by atoms with Crippen molar-refractivity contribution >= 4 is 5.97 Å². The van der Waals surface area contributed by atoms with Crippen LogP contribution in [0.25, 0.3) is 0 Å². The first kappa shape index (κ1) is 12.7. The van der Waals surface area contributed by atoms with Crippen molar-refractivity contribution in [1.29, 1.82) is 0 Å². The summed E-state index contributed by atoms with van der Waals surface area (Å²) in [7, 11) is 0. The summed E-state index contributed by atoms with van der Waals surface area (Å²) >= 11 is 0. The third-order valence-electron chi connectivity index (χ3n) is 5.72. The Hall–Kier alpha value is -0.790. The molecule has 0 amide bonds. The Labute approximate surface area is 104 Å². The molecule has 2 nitrogen and oxygen atoms in total. The maximum Gasteiger partial charge on any atom is 0.333 e. The van der Waals surface area contributed by atoms with Gasteiger partial charge in [0.15, 0.2) is 0 Å². The fraction of sp³-hybridized carbons (Fsp3) is 0.800. The van der Waals surface area contributed by atoms with Crippen molar-refractivity contribution < 1.29 is 9.53 Å². The SMILES string of the molecule is C/C=C(/C)C(=O)O[C@H]1C[C@@H]2CC[C@@]1(C)C2(C)C. The summed E-state index contributed by atoms with van der Waals surface area (Å²) in [6.07, 6.45) is 5.46. The number of fused-ring (bicyclic) bond motifs is 2. The molecule has 0 aliphatic heterocycles. The second-order valence-corrected chi connectivity index (χ2v) is 6.48. The Morgan fingerprint density at radius 1 is 1.35 bits per heavy atom. The van der Waals surface area contributed by atoms with Crippen LogP contribution in [0.4, 0.5) is 0 Å². The monoisotopic (exact) mass is 236 g/mol. The minimum absolute atomic E-state index is 0.110. The molecule has 2 aliphatic carbocycles. The lowest BCUT2D eigenvalue weighted by Crippen LogP contribution is -2.38.